The summed E-state index contributed by atoms with van der Waals surface area (Å²) in [7, 11) is 1.38. The molecular formula is C26H31ClN6O2. The molecule has 1 aliphatic carbocycles. The quantitative estimate of drug-likeness (QED) is 0.435. The van der Waals surface area contributed by atoms with Crippen molar-refractivity contribution in [1.29, 1.82) is 0 Å². The normalized spacial score (nSPS) is 16.3. The van der Waals surface area contributed by atoms with Crippen LogP contribution in [0.15, 0.2) is 18.3 Å². The van der Waals surface area contributed by atoms with E-state index in [1.165, 1.54) is 39.2 Å². The molecule has 9 heteroatoms. The van der Waals surface area contributed by atoms with Crippen LogP contribution in [0.4, 0.5) is 11.6 Å². The standard InChI is InChI=1S/C26H31ClN6O2/c1-16-19-10-7-13-32(25(19)31-30-24(16)27)22-12-11-20(23(29-22)26(34)35-3)21-14-28-33(17(21)2)15-18-8-5-4-6-9-18/h11-12,14,18H,4-10,13,15H2,1-3H3. The van der Waals surface area contributed by atoms with Gasteiger partial charge in [-0.2, -0.15) is 5.10 Å². The predicted octanol–water partition coefficient (Wildman–Crippen LogP) is 5.46. The highest BCUT2D eigenvalue weighted by molar-refractivity contribution is 6.30. The summed E-state index contributed by atoms with van der Waals surface area (Å²) < 4.78 is 7.19. The number of fused-ring (bicyclic) bond motifs is 1. The molecule has 0 unspecified atom stereocenters. The summed E-state index contributed by atoms with van der Waals surface area (Å²) in [5, 5.41) is 13.6. The second-order valence-electron chi connectivity index (χ2n) is 9.56. The van der Waals surface area contributed by atoms with Gasteiger partial charge in [-0.05, 0) is 63.1 Å². The lowest BCUT2D eigenvalue weighted by atomic mass is 9.89. The van der Waals surface area contributed by atoms with Crippen LogP contribution in [0, 0.1) is 19.8 Å². The minimum Gasteiger partial charge on any atom is -0.464 e. The van der Waals surface area contributed by atoms with Crippen LogP contribution in [0.5, 0.6) is 0 Å². The van der Waals surface area contributed by atoms with Gasteiger partial charge < -0.3 is 9.64 Å². The summed E-state index contributed by atoms with van der Waals surface area (Å²) in [6.07, 6.45) is 10.1. The lowest BCUT2D eigenvalue weighted by Gasteiger charge is -2.30. The minimum absolute atomic E-state index is 0.274. The van der Waals surface area contributed by atoms with Crippen molar-refractivity contribution in [2.45, 2.75) is 65.3 Å². The van der Waals surface area contributed by atoms with Gasteiger partial charge in [0.1, 0.15) is 5.82 Å². The summed E-state index contributed by atoms with van der Waals surface area (Å²) in [5.41, 5.74) is 4.95. The van der Waals surface area contributed by atoms with Crippen molar-refractivity contribution in [1.82, 2.24) is 25.0 Å². The van der Waals surface area contributed by atoms with Gasteiger partial charge in [-0.1, -0.05) is 30.9 Å². The van der Waals surface area contributed by atoms with Crippen molar-refractivity contribution in [2.75, 3.05) is 18.6 Å². The van der Waals surface area contributed by atoms with Crippen molar-refractivity contribution in [3.05, 3.63) is 46.0 Å². The van der Waals surface area contributed by atoms with Crippen molar-refractivity contribution < 1.29 is 9.53 Å². The van der Waals surface area contributed by atoms with E-state index in [1.54, 1.807) is 0 Å². The van der Waals surface area contributed by atoms with Crippen LogP contribution < -0.4 is 4.90 Å². The van der Waals surface area contributed by atoms with Crippen molar-refractivity contribution in [2.24, 2.45) is 5.92 Å². The Morgan fingerprint density at radius 3 is 2.69 bits per heavy atom. The molecule has 0 aromatic carbocycles. The zero-order valence-electron chi connectivity index (χ0n) is 20.6. The number of carbonyl (C=O) groups excluding carboxylic acids is 1. The summed E-state index contributed by atoms with van der Waals surface area (Å²) in [4.78, 5) is 19.6. The van der Waals surface area contributed by atoms with E-state index in [1.807, 2.05) is 30.2 Å². The van der Waals surface area contributed by atoms with Crippen LogP contribution in [0.1, 0.15) is 65.8 Å². The molecule has 0 amide bonds. The number of pyridine rings is 1. The molecule has 0 N–H and O–H groups in total. The van der Waals surface area contributed by atoms with Gasteiger partial charge in [-0.15, -0.1) is 10.2 Å². The third-order valence-corrected chi connectivity index (χ3v) is 7.77. The van der Waals surface area contributed by atoms with E-state index in [9.17, 15) is 4.79 Å². The van der Waals surface area contributed by atoms with Crippen molar-refractivity contribution in [3.63, 3.8) is 0 Å². The lowest BCUT2D eigenvalue weighted by Crippen LogP contribution is -2.28. The highest BCUT2D eigenvalue weighted by atomic mass is 35.5. The molecule has 4 heterocycles. The smallest absolute Gasteiger partial charge is 0.357 e. The number of ether oxygens (including phenoxy) is 1. The molecule has 3 aromatic heterocycles. The van der Waals surface area contributed by atoms with Gasteiger partial charge >= 0.3 is 5.97 Å². The molecular weight excluding hydrogens is 464 g/mol. The van der Waals surface area contributed by atoms with E-state index in [-0.39, 0.29) is 5.69 Å². The van der Waals surface area contributed by atoms with E-state index >= 15 is 0 Å². The molecule has 0 saturated heterocycles. The SMILES string of the molecule is COC(=O)c1nc(N2CCCc3c2nnc(Cl)c3C)ccc1-c1cnn(CC2CCCCC2)c1C. The highest BCUT2D eigenvalue weighted by Gasteiger charge is 2.27. The maximum absolute atomic E-state index is 12.8. The van der Waals surface area contributed by atoms with E-state index in [0.29, 0.717) is 16.9 Å². The Bertz CT molecular complexity index is 1250. The molecule has 0 radical (unpaired) electrons. The minimum atomic E-state index is -0.475. The van der Waals surface area contributed by atoms with Gasteiger partial charge in [0.2, 0.25) is 0 Å². The zero-order chi connectivity index (χ0) is 24.5. The van der Waals surface area contributed by atoms with E-state index < -0.39 is 5.97 Å². The average Bonchev–Trinajstić information content (AvgIpc) is 3.25. The molecule has 184 valence electrons. The van der Waals surface area contributed by atoms with Crippen molar-refractivity contribution in [3.8, 4) is 11.1 Å². The van der Waals surface area contributed by atoms with Gasteiger partial charge in [0.05, 0.1) is 13.3 Å². The van der Waals surface area contributed by atoms with Crippen LogP contribution in [-0.2, 0) is 17.7 Å². The number of rotatable bonds is 5. The Balaban J connectivity index is 1.51. The predicted molar refractivity (Wildman–Crippen MR) is 135 cm³/mol. The Morgan fingerprint density at radius 1 is 1.11 bits per heavy atom. The first-order chi connectivity index (χ1) is 17.0. The van der Waals surface area contributed by atoms with Crippen LogP contribution in [-0.4, -0.2) is 44.6 Å². The van der Waals surface area contributed by atoms with Crippen LogP contribution in [0.3, 0.4) is 0 Å². The maximum atomic E-state index is 12.8. The lowest BCUT2D eigenvalue weighted by molar-refractivity contribution is 0.0595. The number of hydrogen-bond donors (Lipinski definition) is 0. The van der Waals surface area contributed by atoms with Crippen molar-refractivity contribution >= 4 is 29.2 Å². The average molecular weight is 495 g/mol. The first kappa shape index (κ1) is 23.7. The first-order valence-corrected chi connectivity index (χ1v) is 12.8. The fourth-order valence-electron chi connectivity index (χ4n) is 5.36. The van der Waals surface area contributed by atoms with Crippen LogP contribution >= 0.6 is 11.6 Å². The Morgan fingerprint density at radius 2 is 1.91 bits per heavy atom. The number of aromatic nitrogens is 5. The molecule has 0 spiro atoms. The third-order valence-electron chi connectivity index (χ3n) is 7.41. The molecule has 35 heavy (non-hydrogen) atoms. The Kier molecular flexibility index (Phi) is 6.73. The summed E-state index contributed by atoms with van der Waals surface area (Å²) >= 11 is 6.21. The number of carbonyl (C=O) groups is 1. The van der Waals surface area contributed by atoms with E-state index in [4.69, 9.17) is 21.3 Å². The van der Waals surface area contributed by atoms with Gasteiger partial charge in [0.25, 0.3) is 0 Å². The van der Waals surface area contributed by atoms with Crippen LogP contribution in [0.2, 0.25) is 5.15 Å². The monoisotopic (exact) mass is 494 g/mol. The summed E-state index contributed by atoms with van der Waals surface area (Å²) in [5.74, 6) is 1.56. The molecule has 2 aliphatic rings. The molecule has 1 aliphatic heterocycles. The largest absolute Gasteiger partial charge is 0.464 e. The summed E-state index contributed by atoms with van der Waals surface area (Å²) in [6.45, 7) is 5.66. The number of methoxy groups -OCH3 is 1. The second kappa shape index (κ2) is 9.93. The maximum Gasteiger partial charge on any atom is 0.357 e. The van der Waals surface area contributed by atoms with E-state index in [2.05, 4.69) is 26.9 Å². The number of halogens is 1. The molecule has 1 fully saturated rings. The second-order valence-corrected chi connectivity index (χ2v) is 9.92. The molecule has 3 aromatic rings. The zero-order valence-corrected chi connectivity index (χ0v) is 21.3. The van der Waals surface area contributed by atoms with E-state index in [0.717, 1.165) is 59.7 Å². The number of hydrogen-bond acceptors (Lipinski definition) is 7. The molecule has 1 saturated carbocycles. The topological polar surface area (TPSA) is 86.0 Å². The Hall–Kier alpha value is -3.00. The third kappa shape index (κ3) is 4.51. The molecule has 0 atom stereocenters. The van der Waals surface area contributed by atoms with Gasteiger partial charge in [-0.25, -0.2) is 9.78 Å². The fourth-order valence-corrected chi connectivity index (χ4v) is 5.51. The van der Waals surface area contributed by atoms with Gasteiger partial charge in [0.15, 0.2) is 16.7 Å². The molecule has 0 bridgehead atoms. The number of anilines is 2. The first-order valence-electron chi connectivity index (χ1n) is 12.4. The number of esters is 1. The number of nitrogens with zero attached hydrogens (tertiary/aromatic N) is 6. The molecule has 5 rings (SSSR count). The fraction of sp³-hybridized carbons (Fsp3) is 0.500. The summed E-state index contributed by atoms with van der Waals surface area (Å²) in [6, 6.07) is 3.87. The molecule has 8 nitrogen and oxygen atoms in total. The van der Waals surface area contributed by atoms with Gasteiger partial charge in [-0.3, -0.25) is 4.68 Å². The Labute approximate surface area is 210 Å². The van der Waals surface area contributed by atoms with Gasteiger partial charge in [0, 0.05) is 35.5 Å². The van der Waals surface area contributed by atoms with Crippen LogP contribution in [0.25, 0.3) is 11.1 Å². The highest BCUT2D eigenvalue weighted by Crippen LogP contribution is 2.36.